The third-order valence-corrected chi connectivity index (χ3v) is 6.98. The lowest BCUT2D eigenvalue weighted by Crippen LogP contribution is -2.54. The Morgan fingerprint density at radius 3 is 2.62 bits per heavy atom. The Morgan fingerprint density at radius 2 is 2.05 bits per heavy atom. The molecule has 21 heavy (non-hydrogen) atoms. The van der Waals surface area contributed by atoms with Gasteiger partial charge < -0.3 is 10.2 Å². The Hall–Kier alpha value is -0.0500. The van der Waals surface area contributed by atoms with Crippen LogP contribution >= 0.6 is 24.0 Å². The fraction of sp³-hybridized carbons (Fsp3) is 0.923. The van der Waals surface area contributed by atoms with Gasteiger partial charge in [-0.2, -0.15) is 11.8 Å². The number of thioether (sulfide) groups is 1. The Bertz CT molecular complexity index is 448. The fourth-order valence-corrected chi connectivity index (χ4v) is 5.36. The molecule has 2 fully saturated rings. The zero-order chi connectivity index (χ0) is 15.3. The molecule has 1 N–H and O–H groups in total. The van der Waals surface area contributed by atoms with Crippen molar-refractivity contribution in [3.05, 3.63) is 0 Å². The molecule has 2 saturated heterocycles. The maximum atomic E-state index is 11.6. The summed E-state index contributed by atoms with van der Waals surface area (Å²) >= 11 is 7.28. The first kappa shape index (κ1) is 17.3. The van der Waals surface area contributed by atoms with Gasteiger partial charge in [-0.3, -0.25) is 4.90 Å². The number of sulfone groups is 1. The molecule has 0 aromatic carbocycles. The molecule has 0 amide bonds. The summed E-state index contributed by atoms with van der Waals surface area (Å²) in [5.41, 5.74) is 0. The molecule has 122 valence electrons. The largest absolute Gasteiger partial charge is 0.363 e. The first-order chi connectivity index (χ1) is 10.0. The number of piperazine rings is 1. The van der Waals surface area contributed by atoms with E-state index in [1.807, 2.05) is 11.8 Å². The summed E-state index contributed by atoms with van der Waals surface area (Å²) in [5, 5.41) is 4.16. The maximum absolute atomic E-state index is 11.6. The van der Waals surface area contributed by atoms with Crippen LogP contribution < -0.4 is 5.32 Å². The third kappa shape index (κ3) is 5.26. The number of hydrogen-bond donors (Lipinski definition) is 1. The average molecular weight is 352 g/mol. The second-order valence-corrected chi connectivity index (χ2v) is 9.26. The number of thiocarbonyl (C=S) groups is 1. The van der Waals surface area contributed by atoms with Gasteiger partial charge in [0.25, 0.3) is 0 Å². The van der Waals surface area contributed by atoms with Gasteiger partial charge in [0.1, 0.15) is 0 Å². The second kappa shape index (κ2) is 7.99. The van der Waals surface area contributed by atoms with Gasteiger partial charge in [0.05, 0.1) is 11.5 Å². The van der Waals surface area contributed by atoms with E-state index in [0.717, 1.165) is 56.4 Å². The van der Waals surface area contributed by atoms with Gasteiger partial charge in [-0.25, -0.2) is 8.42 Å². The van der Waals surface area contributed by atoms with Gasteiger partial charge in [-0.05, 0) is 37.1 Å². The summed E-state index contributed by atoms with van der Waals surface area (Å²) in [4.78, 5) is 4.52. The predicted octanol–water partition coefficient (Wildman–Crippen LogP) is 0.419. The van der Waals surface area contributed by atoms with Gasteiger partial charge >= 0.3 is 0 Å². The van der Waals surface area contributed by atoms with Gasteiger partial charge in [-0.1, -0.05) is 0 Å². The van der Waals surface area contributed by atoms with Crippen LogP contribution in [0.25, 0.3) is 0 Å². The Labute approximate surface area is 137 Å². The number of nitrogens with one attached hydrogen (secondary N) is 1. The molecule has 2 heterocycles. The highest BCUT2D eigenvalue weighted by Gasteiger charge is 2.33. The van der Waals surface area contributed by atoms with Gasteiger partial charge in [-0.15, -0.1) is 0 Å². The Morgan fingerprint density at radius 1 is 1.33 bits per heavy atom. The van der Waals surface area contributed by atoms with Gasteiger partial charge in [0.2, 0.25) is 0 Å². The van der Waals surface area contributed by atoms with Crippen molar-refractivity contribution in [1.29, 1.82) is 0 Å². The lowest BCUT2D eigenvalue weighted by atomic mass is 10.2. The minimum Gasteiger partial charge on any atom is -0.363 e. The molecule has 2 aliphatic heterocycles. The molecule has 0 aromatic rings. The van der Waals surface area contributed by atoms with E-state index in [9.17, 15) is 8.42 Å². The standard InChI is InChI=1S/C13H25N3O2S3/c1-20-9-2-4-14-13(19)16-7-5-15(6-8-16)12-3-10-21(17,18)11-12/h12H,2-11H2,1H3,(H,14,19)/t12-/m0/s1. The normalized spacial score (nSPS) is 26.0. The molecule has 0 saturated carbocycles. The van der Waals surface area contributed by atoms with E-state index in [-0.39, 0.29) is 6.04 Å². The minimum atomic E-state index is -2.79. The molecule has 5 nitrogen and oxygen atoms in total. The first-order valence-corrected chi connectivity index (χ1v) is 11.1. The highest BCUT2D eigenvalue weighted by molar-refractivity contribution is 7.98. The van der Waals surface area contributed by atoms with Crippen LogP contribution in [-0.4, -0.2) is 85.6 Å². The molecule has 0 radical (unpaired) electrons. The zero-order valence-electron chi connectivity index (χ0n) is 12.6. The smallest absolute Gasteiger partial charge is 0.169 e. The molecular weight excluding hydrogens is 326 g/mol. The van der Waals surface area contributed by atoms with Crippen LogP contribution in [0, 0.1) is 0 Å². The lowest BCUT2D eigenvalue weighted by Gasteiger charge is -2.38. The number of rotatable bonds is 5. The van der Waals surface area contributed by atoms with Crippen LogP contribution in [0.3, 0.4) is 0 Å². The van der Waals surface area contributed by atoms with Crippen molar-refractivity contribution in [3.8, 4) is 0 Å². The van der Waals surface area contributed by atoms with Crippen molar-refractivity contribution < 1.29 is 8.42 Å². The summed E-state index contributed by atoms with van der Waals surface area (Å²) in [6.07, 6.45) is 4.03. The highest BCUT2D eigenvalue weighted by Crippen LogP contribution is 2.19. The summed E-state index contributed by atoms with van der Waals surface area (Å²) in [5.74, 6) is 1.84. The molecule has 0 aromatic heterocycles. The summed E-state index contributed by atoms with van der Waals surface area (Å²) in [6.45, 7) is 4.54. The summed E-state index contributed by atoms with van der Waals surface area (Å²) in [7, 11) is -2.79. The van der Waals surface area contributed by atoms with Crippen LogP contribution in [0.15, 0.2) is 0 Å². The van der Waals surface area contributed by atoms with E-state index < -0.39 is 9.84 Å². The number of hydrogen-bond acceptors (Lipinski definition) is 5. The van der Waals surface area contributed by atoms with Gasteiger partial charge in [0.15, 0.2) is 14.9 Å². The molecule has 8 heteroatoms. The van der Waals surface area contributed by atoms with Crippen LogP contribution in [0.2, 0.25) is 0 Å². The van der Waals surface area contributed by atoms with E-state index in [2.05, 4.69) is 21.4 Å². The van der Waals surface area contributed by atoms with E-state index in [1.54, 1.807) is 0 Å². The lowest BCUT2D eigenvalue weighted by molar-refractivity contribution is 0.142. The quantitative estimate of drug-likeness (QED) is 0.569. The zero-order valence-corrected chi connectivity index (χ0v) is 15.0. The van der Waals surface area contributed by atoms with Crippen molar-refractivity contribution in [1.82, 2.24) is 15.1 Å². The van der Waals surface area contributed by atoms with Crippen LogP contribution in [0.5, 0.6) is 0 Å². The van der Waals surface area contributed by atoms with Crippen molar-refractivity contribution in [2.75, 3.05) is 56.2 Å². The Balaban J connectivity index is 1.69. The molecular formula is C13H25N3O2S3. The molecule has 2 aliphatic rings. The SMILES string of the molecule is CSCCCNC(=S)N1CCN([C@H]2CCS(=O)(=O)C2)CC1. The van der Waals surface area contributed by atoms with E-state index in [4.69, 9.17) is 12.2 Å². The third-order valence-electron chi connectivity index (χ3n) is 4.13. The average Bonchev–Trinajstić information content (AvgIpc) is 2.84. The molecule has 0 spiro atoms. The molecule has 2 rings (SSSR count). The van der Waals surface area contributed by atoms with Crippen LogP contribution in [-0.2, 0) is 9.84 Å². The van der Waals surface area contributed by atoms with Crippen molar-refractivity contribution >= 4 is 38.9 Å². The molecule has 1 atom stereocenters. The van der Waals surface area contributed by atoms with E-state index >= 15 is 0 Å². The highest BCUT2D eigenvalue weighted by atomic mass is 32.2. The van der Waals surface area contributed by atoms with Crippen molar-refractivity contribution in [2.45, 2.75) is 18.9 Å². The van der Waals surface area contributed by atoms with E-state index in [0.29, 0.717) is 11.5 Å². The van der Waals surface area contributed by atoms with Crippen LogP contribution in [0.4, 0.5) is 0 Å². The predicted molar refractivity (Wildman–Crippen MR) is 93.8 cm³/mol. The topological polar surface area (TPSA) is 52.6 Å². The van der Waals surface area contributed by atoms with E-state index in [1.165, 1.54) is 0 Å². The first-order valence-electron chi connectivity index (χ1n) is 7.48. The summed E-state index contributed by atoms with van der Waals surface area (Å²) in [6, 6.07) is 0.222. The van der Waals surface area contributed by atoms with Gasteiger partial charge in [0, 0.05) is 38.8 Å². The maximum Gasteiger partial charge on any atom is 0.169 e. The second-order valence-electron chi connectivity index (χ2n) is 5.66. The molecule has 0 aliphatic carbocycles. The fourth-order valence-electron chi connectivity index (χ4n) is 2.88. The molecule has 0 bridgehead atoms. The molecule has 0 unspecified atom stereocenters. The van der Waals surface area contributed by atoms with Crippen LogP contribution in [0.1, 0.15) is 12.8 Å². The monoisotopic (exact) mass is 351 g/mol. The minimum absolute atomic E-state index is 0.222. The number of nitrogens with zero attached hydrogens (tertiary/aromatic N) is 2. The van der Waals surface area contributed by atoms with Crippen molar-refractivity contribution in [2.24, 2.45) is 0 Å². The van der Waals surface area contributed by atoms with Crippen molar-refractivity contribution in [3.63, 3.8) is 0 Å². The Kier molecular flexibility index (Phi) is 6.58. The summed E-state index contributed by atoms with van der Waals surface area (Å²) < 4.78 is 23.1.